The Morgan fingerprint density at radius 2 is 2.00 bits per heavy atom. The van der Waals surface area contributed by atoms with Gasteiger partial charge < -0.3 is 10.1 Å². The second-order valence-corrected chi connectivity index (χ2v) is 8.55. The van der Waals surface area contributed by atoms with E-state index in [1.165, 1.54) is 19.2 Å². The highest BCUT2D eigenvalue weighted by Crippen LogP contribution is 2.36. The highest BCUT2D eigenvalue weighted by Gasteiger charge is 2.22. The number of anilines is 1. The van der Waals surface area contributed by atoms with Crippen LogP contribution in [0.1, 0.15) is 0 Å². The van der Waals surface area contributed by atoms with Crippen LogP contribution in [0.25, 0.3) is 10.2 Å². The number of nitrogens with one attached hydrogen (secondary N) is 1. The van der Waals surface area contributed by atoms with Gasteiger partial charge in [-0.3, -0.25) is 14.9 Å². The van der Waals surface area contributed by atoms with Gasteiger partial charge in [0.2, 0.25) is 5.91 Å². The average Bonchev–Trinajstić information content (AvgIpc) is 3.02. The van der Waals surface area contributed by atoms with Crippen LogP contribution in [0.3, 0.4) is 0 Å². The maximum Gasteiger partial charge on any atom is 0.274 e. The third-order valence-electron chi connectivity index (χ3n) is 3.62. The van der Waals surface area contributed by atoms with Gasteiger partial charge in [0.15, 0.2) is 20.7 Å². The third kappa shape index (κ3) is 4.07. The third-order valence-corrected chi connectivity index (χ3v) is 6.17. The van der Waals surface area contributed by atoms with Gasteiger partial charge in [0.05, 0.1) is 27.7 Å². The second-order valence-electron chi connectivity index (χ2n) is 5.53. The summed E-state index contributed by atoms with van der Waals surface area (Å²) < 4.78 is 42.9. The van der Waals surface area contributed by atoms with Crippen LogP contribution in [0.15, 0.2) is 41.3 Å². The number of amides is 1. The van der Waals surface area contributed by atoms with Crippen molar-refractivity contribution in [3.63, 3.8) is 0 Å². The molecule has 1 N–H and O–H groups in total. The number of nitro groups is 1. The molecule has 0 aliphatic rings. The first-order valence-electron chi connectivity index (χ1n) is 7.61. The summed E-state index contributed by atoms with van der Waals surface area (Å²) in [6, 6.07) is 6.58. The molecule has 1 aromatic heterocycles. The number of halogens is 1. The molecular weight excluding hydrogens is 413 g/mol. The number of ether oxygens (including phenoxy) is 1. The first-order chi connectivity index (χ1) is 13.2. The van der Waals surface area contributed by atoms with Crippen molar-refractivity contribution < 1.29 is 27.3 Å². The SMILES string of the molecule is COc1cc([N+](=O)[O-])cc2sc(NC(=O)CS(=O)(=O)c3ccc(F)cc3)nc12. The lowest BCUT2D eigenvalue weighted by Gasteiger charge is -2.04. The minimum atomic E-state index is -3.97. The van der Waals surface area contributed by atoms with Crippen molar-refractivity contribution in [3.8, 4) is 5.75 Å². The van der Waals surface area contributed by atoms with Crippen molar-refractivity contribution in [2.75, 3.05) is 18.2 Å². The highest BCUT2D eigenvalue weighted by atomic mass is 32.2. The Labute approximate surface area is 161 Å². The molecule has 0 saturated heterocycles. The predicted octanol–water partition coefficient (Wildman–Crippen LogP) is 2.76. The van der Waals surface area contributed by atoms with E-state index < -0.39 is 32.2 Å². The Bertz CT molecular complexity index is 1180. The molecule has 3 rings (SSSR count). The number of aromatic nitrogens is 1. The van der Waals surface area contributed by atoms with Crippen molar-refractivity contribution in [1.82, 2.24) is 4.98 Å². The smallest absolute Gasteiger partial charge is 0.274 e. The average molecular weight is 425 g/mol. The Hall–Kier alpha value is -3.12. The lowest BCUT2D eigenvalue weighted by Crippen LogP contribution is -2.22. The van der Waals surface area contributed by atoms with Gasteiger partial charge in [-0.2, -0.15) is 0 Å². The lowest BCUT2D eigenvalue weighted by atomic mass is 10.3. The maximum absolute atomic E-state index is 12.9. The number of hydrogen-bond donors (Lipinski definition) is 1. The summed E-state index contributed by atoms with van der Waals surface area (Å²) in [6.07, 6.45) is 0. The molecule has 0 fully saturated rings. The van der Waals surface area contributed by atoms with E-state index in [9.17, 15) is 27.7 Å². The van der Waals surface area contributed by atoms with Crippen LogP contribution in [0.2, 0.25) is 0 Å². The summed E-state index contributed by atoms with van der Waals surface area (Å²) >= 11 is 0.939. The first-order valence-corrected chi connectivity index (χ1v) is 10.1. The number of fused-ring (bicyclic) bond motifs is 1. The van der Waals surface area contributed by atoms with Gasteiger partial charge in [0.1, 0.15) is 17.1 Å². The minimum Gasteiger partial charge on any atom is -0.494 e. The van der Waals surface area contributed by atoms with Crippen LogP contribution >= 0.6 is 11.3 Å². The lowest BCUT2D eigenvalue weighted by molar-refractivity contribution is -0.384. The van der Waals surface area contributed by atoms with Gasteiger partial charge in [0.25, 0.3) is 5.69 Å². The summed E-state index contributed by atoms with van der Waals surface area (Å²) in [5.74, 6) is -2.16. The normalized spacial score (nSPS) is 11.4. The fourth-order valence-electron chi connectivity index (χ4n) is 2.35. The Balaban J connectivity index is 1.83. The van der Waals surface area contributed by atoms with Crippen molar-refractivity contribution >= 4 is 48.1 Å². The summed E-state index contributed by atoms with van der Waals surface area (Å²) in [5.41, 5.74) is 0.0968. The fourth-order valence-corrected chi connectivity index (χ4v) is 4.42. The van der Waals surface area contributed by atoms with E-state index in [4.69, 9.17) is 4.74 Å². The van der Waals surface area contributed by atoms with Crippen LogP contribution < -0.4 is 10.1 Å². The van der Waals surface area contributed by atoms with Gasteiger partial charge in [-0.1, -0.05) is 11.3 Å². The van der Waals surface area contributed by atoms with E-state index in [1.54, 1.807) is 0 Å². The molecule has 0 atom stereocenters. The van der Waals surface area contributed by atoms with Gasteiger partial charge in [-0.25, -0.2) is 17.8 Å². The molecular formula is C16H12FN3O6S2. The topological polar surface area (TPSA) is 128 Å². The van der Waals surface area contributed by atoms with E-state index in [2.05, 4.69) is 10.3 Å². The van der Waals surface area contributed by atoms with Crippen molar-refractivity contribution in [1.29, 1.82) is 0 Å². The van der Waals surface area contributed by atoms with Crippen LogP contribution in [-0.2, 0) is 14.6 Å². The van der Waals surface area contributed by atoms with Crippen molar-refractivity contribution in [3.05, 3.63) is 52.3 Å². The molecule has 1 heterocycles. The fraction of sp³-hybridized carbons (Fsp3) is 0.125. The number of thiazole rings is 1. The molecule has 0 spiro atoms. The zero-order chi connectivity index (χ0) is 20.5. The minimum absolute atomic E-state index is 0.0631. The molecule has 28 heavy (non-hydrogen) atoms. The van der Waals surface area contributed by atoms with Gasteiger partial charge in [-0.15, -0.1) is 0 Å². The van der Waals surface area contributed by atoms with Gasteiger partial charge >= 0.3 is 0 Å². The van der Waals surface area contributed by atoms with Gasteiger partial charge in [-0.05, 0) is 24.3 Å². The molecule has 9 nitrogen and oxygen atoms in total. The van der Waals surface area contributed by atoms with E-state index in [1.807, 2.05) is 0 Å². The van der Waals surface area contributed by atoms with Crippen LogP contribution in [0.4, 0.5) is 15.2 Å². The van der Waals surface area contributed by atoms with Crippen LogP contribution in [-0.4, -0.2) is 37.1 Å². The molecule has 0 saturated carbocycles. The monoisotopic (exact) mass is 425 g/mol. The van der Waals surface area contributed by atoms with Crippen molar-refractivity contribution in [2.24, 2.45) is 0 Å². The van der Waals surface area contributed by atoms with E-state index in [-0.39, 0.29) is 21.5 Å². The molecule has 0 radical (unpaired) electrons. The van der Waals surface area contributed by atoms with E-state index in [0.717, 1.165) is 35.6 Å². The Kier molecular flexibility index (Phi) is 5.25. The maximum atomic E-state index is 12.9. The van der Waals surface area contributed by atoms with E-state index in [0.29, 0.717) is 10.2 Å². The number of nitrogens with zero attached hydrogens (tertiary/aromatic N) is 2. The summed E-state index contributed by atoms with van der Waals surface area (Å²) in [5, 5.41) is 13.4. The number of non-ortho nitro benzene ring substituents is 1. The summed E-state index contributed by atoms with van der Waals surface area (Å²) in [7, 11) is -2.65. The number of carbonyl (C=O) groups excluding carboxylic acids is 1. The Morgan fingerprint density at radius 1 is 1.32 bits per heavy atom. The van der Waals surface area contributed by atoms with E-state index >= 15 is 0 Å². The molecule has 2 aromatic carbocycles. The quantitative estimate of drug-likeness (QED) is 0.365. The molecule has 0 aliphatic heterocycles. The summed E-state index contributed by atoms with van der Waals surface area (Å²) in [6.45, 7) is 0. The molecule has 3 aromatic rings. The molecule has 0 bridgehead atoms. The molecule has 0 unspecified atom stereocenters. The standard InChI is InChI=1S/C16H12FN3O6S2/c1-26-12-6-10(20(22)23)7-13-15(12)19-16(27-13)18-14(21)8-28(24,25)11-4-2-9(17)3-5-11/h2-7H,8H2,1H3,(H,18,19,21). The summed E-state index contributed by atoms with van der Waals surface area (Å²) in [4.78, 5) is 26.5. The largest absolute Gasteiger partial charge is 0.494 e. The number of nitro benzene ring substituents is 1. The second kappa shape index (κ2) is 7.48. The Morgan fingerprint density at radius 3 is 2.61 bits per heavy atom. The number of carbonyl (C=O) groups is 1. The van der Waals surface area contributed by atoms with Gasteiger partial charge in [0, 0.05) is 6.07 Å². The zero-order valence-electron chi connectivity index (χ0n) is 14.2. The number of methoxy groups -OCH3 is 1. The molecule has 1 amide bonds. The number of sulfone groups is 1. The molecule has 146 valence electrons. The highest BCUT2D eigenvalue weighted by molar-refractivity contribution is 7.92. The van der Waals surface area contributed by atoms with Crippen molar-refractivity contribution in [2.45, 2.75) is 4.90 Å². The molecule has 12 heteroatoms. The number of benzene rings is 2. The number of rotatable bonds is 6. The van der Waals surface area contributed by atoms with Crippen LogP contribution in [0, 0.1) is 15.9 Å². The number of hydrogen-bond acceptors (Lipinski definition) is 8. The predicted molar refractivity (Wildman–Crippen MR) is 99.9 cm³/mol. The first kappa shape index (κ1) is 19.6. The zero-order valence-corrected chi connectivity index (χ0v) is 15.8. The molecule has 0 aliphatic carbocycles. The van der Waals surface area contributed by atoms with Crippen LogP contribution in [0.5, 0.6) is 5.75 Å².